The molecule has 1 heterocycles. The van der Waals surface area contributed by atoms with Gasteiger partial charge in [-0.05, 0) is 18.8 Å². The van der Waals surface area contributed by atoms with Gasteiger partial charge in [0, 0.05) is 33.3 Å². The third-order valence-corrected chi connectivity index (χ3v) is 3.12. The normalized spacial score (nSPS) is 12.9. The van der Waals surface area contributed by atoms with Gasteiger partial charge in [0.15, 0.2) is 0 Å². The molecule has 21 heavy (non-hydrogen) atoms. The van der Waals surface area contributed by atoms with E-state index in [1.807, 2.05) is 25.9 Å². The maximum absolute atomic E-state index is 9.25. The number of hydrogen-bond acceptors (Lipinski definition) is 7. The second kappa shape index (κ2) is 7.40. The van der Waals surface area contributed by atoms with Crippen LogP contribution >= 0.6 is 0 Å². The fraction of sp³-hybridized carbons (Fsp3) is 0.786. The van der Waals surface area contributed by atoms with Crippen LogP contribution in [0.3, 0.4) is 0 Å². The number of rotatable bonds is 7. The first-order chi connectivity index (χ1) is 9.77. The largest absolute Gasteiger partial charge is 0.396 e. The SMILES string of the molecule is CCNc1nc(NC(CCO)C(C)(C)C)nc(N(C)C)n1. The fourth-order valence-electron chi connectivity index (χ4n) is 1.87. The number of nitrogens with zero attached hydrogens (tertiary/aromatic N) is 4. The van der Waals surface area contributed by atoms with Crippen molar-refractivity contribution in [3.63, 3.8) is 0 Å². The van der Waals surface area contributed by atoms with Crippen molar-refractivity contribution in [3.8, 4) is 0 Å². The van der Waals surface area contributed by atoms with Gasteiger partial charge in [0.25, 0.3) is 0 Å². The molecule has 1 aromatic rings. The number of anilines is 3. The molecule has 7 heteroatoms. The summed E-state index contributed by atoms with van der Waals surface area (Å²) in [6.07, 6.45) is 0.642. The number of aliphatic hydroxyl groups is 1. The van der Waals surface area contributed by atoms with Gasteiger partial charge in [0.1, 0.15) is 0 Å². The van der Waals surface area contributed by atoms with Crippen molar-refractivity contribution in [2.75, 3.05) is 42.8 Å². The predicted molar refractivity (Wildman–Crippen MR) is 86.9 cm³/mol. The highest BCUT2D eigenvalue weighted by Crippen LogP contribution is 2.25. The second-order valence-electron chi connectivity index (χ2n) is 6.28. The zero-order valence-corrected chi connectivity index (χ0v) is 13.9. The number of aliphatic hydroxyl groups excluding tert-OH is 1. The van der Waals surface area contributed by atoms with Crippen molar-refractivity contribution in [2.45, 2.75) is 40.2 Å². The lowest BCUT2D eigenvalue weighted by molar-refractivity contribution is 0.235. The van der Waals surface area contributed by atoms with E-state index in [1.54, 1.807) is 0 Å². The molecular formula is C14H28N6O. The first-order valence-corrected chi connectivity index (χ1v) is 7.32. The monoisotopic (exact) mass is 296 g/mol. The van der Waals surface area contributed by atoms with E-state index in [4.69, 9.17) is 0 Å². The standard InChI is InChI=1S/C14H28N6O/c1-7-15-11-17-12(19-13(18-11)20(5)6)16-10(8-9-21)14(2,3)4/h10,21H,7-9H2,1-6H3,(H2,15,16,17,18,19). The van der Waals surface area contributed by atoms with Crippen molar-refractivity contribution >= 4 is 17.8 Å². The van der Waals surface area contributed by atoms with Crippen LogP contribution in [0.4, 0.5) is 17.8 Å². The lowest BCUT2D eigenvalue weighted by Crippen LogP contribution is -2.35. The summed E-state index contributed by atoms with van der Waals surface area (Å²) < 4.78 is 0. The highest BCUT2D eigenvalue weighted by molar-refractivity contribution is 5.43. The summed E-state index contributed by atoms with van der Waals surface area (Å²) in [5.74, 6) is 1.67. The zero-order chi connectivity index (χ0) is 16.0. The highest BCUT2D eigenvalue weighted by atomic mass is 16.3. The van der Waals surface area contributed by atoms with Gasteiger partial charge < -0.3 is 20.6 Å². The quantitative estimate of drug-likeness (QED) is 0.704. The molecular weight excluding hydrogens is 268 g/mol. The Bertz CT molecular complexity index is 444. The molecule has 1 unspecified atom stereocenters. The van der Waals surface area contributed by atoms with Crippen molar-refractivity contribution < 1.29 is 5.11 Å². The van der Waals surface area contributed by atoms with Crippen LogP contribution in [0.1, 0.15) is 34.1 Å². The number of aromatic nitrogens is 3. The Kier molecular flexibility index (Phi) is 6.14. The van der Waals surface area contributed by atoms with E-state index in [-0.39, 0.29) is 18.1 Å². The lowest BCUT2D eigenvalue weighted by Gasteiger charge is -2.31. The van der Waals surface area contributed by atoms with Gasteiger partial charge >= 0.3 is 0 Å². The van der Waals surface area contributed by atoms with Crippen molar-refractivity contribution in [2.24, 2.45) is 5.41 Å². The molecule has 0 spiro atoms. The number of nitrogens with one attached hydrogen (secondary N) is 2. The van der Waals surface area contributed by atoms with Crippen LogP contribution in [0.25, 0.3) is 0 Å². The van der Waals surface area contributed by atoms with Crippen LogP contribution in [0.2, 0.25) is 0 Å². The molecule has 0 bridgehead atoms. The van der Waals surface area contributed by atoms with Crippen LogP contribution in [0.15, 0.2) is 0 Å². The van der Waals surface area contributed by atoms with Crippen molar-refractivity contribution in [3.05, 3.63) is 0 Å². The molecule has 1 aromatic heterocycles. The fourth-order valence-corrected chi connectivity index (χ4v) is 1.87. The summed E-state index contributed by atoms with van der Waals surface area (Å²) in [7, 11) is 3.79. The maximum Gasteiger partial charge on any atom is 0.231 e. The van der Waals surface area contributed by atoms with Crippen molar-refractivity contribution in [1.82, 2.24) is 15.0 Å². The molecule has 0 saturated heterocycles. The minimum absolute atomic E-state index is 0.00795. The second-order valence-corrected chi connectivity index (χ2v) is 6.28. The predicted octanol–water partition coefficient (Wildman–Crippen LogP) is 1.58. The van der Waals surface area contributed by atoms with E-state index >= 15 is 0 Å². The maximum atomic E-state index is 9.25. The molecule has 1 atom stereocenters. The lowest BCUT2D eigenvalue weighted by atomic mass is 9.85. The first-order valence-electron chi connectivity index (χ1n) is 7.32. The van der Waals surface area contributed by atoms with Crippen LogP contribution in [0.5, 0.6) is 0 Å². The molecule has 0 aliphatic carbocycles. The molecule has 0 aliphatic rings. The van der Waals surface area contributed by atoms with E-state index in [2.05, 4.69) is 46.4 Å². The molecule has 0 fully saturated rings. The summed E-state index contributed by atoms with van der Waals surface area (Å²) in [6.45, 7) is 9.24. The van der Waals surface area contributed by atoms with Gasteiger partial charge in [0.2, 0.25) is 17.8 Å². The Morgan fingerprint density at radius 2 is 1.76 bits per heavy atom. The minimum Gasteiger partial charge on any atom is -0.396 e. The van der Waals surface area contributed by atoms with E-state index in [0.29, 0.717) is 24.3 Å². The third-order valence-electron chi connectivity index (χ3n) is 3.12. The Morgan fingerprint density at radius 3 is 2.24 bits per heavy atom. The van der Waals surface area contributed by atoms with E-state index in [1.165, 1.54) is 0 Å². The molecule has 3 N–H and O–H groups in total. The third kappa shape index (κ3) is 5.34. The Morgan fingerprint density at radius 1 is 1.14 bits per heavy atom. The molecule has 0 aliphatic heterocycles. The zero-order valence-electron chi connectivity index (χ0n) is 13.9. The van der Waals surface area contributed by atoms with E-state index in [0.717, 1.165) is 6.54 Å². The van der Waals surface area contributed by atoms with E-state index < -0.39 is 0 Å². The van der Waals surface area contributed by atoms with Crippen LogP contribution in [0, 0.1) is 5.41 Å². The van der Waals surface area contributed by atoms with Gasteiger partial charge in [-0.25, -0.2) is 0 Å². The number of hydrogen-bond donors (Lipinski definition) is 3. The highest BCUT2D eigenvalue weighted by Gasteiger charge is 2.25. The van der Waals surface area contributed by atoms with Gasteiger partial charge in [-0.3, -0.25) is 0 Å². The topological polar surface area (TPSA) is 86.2 Å². The van der Waals surface area contributed by atoms with Crippen molar-refractivity contribution in [1.29, 1.82) is 0 Å². The summed E-state index contributed by atoms with van der Waals surface area (Å²) in [4.78, 5) is 15.0. The van der Waals surface area contributed by atoms with Crippen LogP contribution in [-0.2, 0) is 0 Å². The summed E-state index contributed by atoms with van der Waals surface area (Å²) >= 11 is 0. The molecule has 120 valence electrons. The Hall–Kier alpha value is -1.63. The average Bonchev–Trinajstić information content (AvgIpc) is 2.37. The van der Waals surface area contributed by atoms with Gasteiger partial charge in [0.05, 0.1) is 0 Å². The minimum atomic E-state index is -0.00795. The smallest absolute Gasteiger partial charge is 0.231 e. The van der Waals surface area contributed by atoms with Gasteiger partial charge in [-0.1, -0.05) is 20.8 Å². The summed E-state index contributed by atoms with van der Waals surface area (Å²) in [5.41, 5.74) is -0.00795. The molecule has 0 aromatic carbocycles. The summed E-state index contributed by atoms with van der Waals surface area (Å²) in [5, 5.41) is 15.7. The Balaban J connectivity index is 3.04. The molecule has 7 nitrogen and oxygen atoms in total. The molecule has 0 radical (unpaired) electrons. The van der Waals surface area contributed by atoms with Gasteiger partial charge in [-0.2, -0.15) is 15.0 Å². The van der Waals surface area contributed by atoms with E-state index in [9.17, 15) is 5.11 Å². The van der Waals surface area contributed by atoms with Gasteiger partial charge in [-0.15, -0.1) is 0 Å². The Labute approximate surface area is 127 Å². The first kappa shape index (κ1) is 17.4. The van der Waals surface area contributed by atoms with Crippen LogP contribution < -0.4 is 15.5 Å². The van der Waals surface area contributed by atoms with Crippen LogP contribution in [-0.4, -0.2) is 53.3 Å². The summed E-state index contributed by atoms with van der Waals surface area (Å²) in [6, 6.07) is 0.0781. The molecule has 0 amide bonds. The molecule has 0 saturated carbocycles. The average molecular weight is 296 g/mol. The molecule has 1 rings (SSSR count).